The molecule has 1 saturated heterocycles. The number of nitro benzene ring substituents is 1. The van der Waals surface area contributed by atoms with Gasteiger partial charge in [0, 0.05) is 32.3 Å². The number of ether oxygens (including phenoxy) is 2. The molecule has 0 unspecified atom stereocenters. The molecule has 1 atom stereocenters. The summed E-state index contributed by atoms with van der Waals surface area (Å²) in [5, 5.41) is 10.9. The monoisotopic (exact) mass is 341 g/mol. The minimum atomic E-state index is -1.01. The minimum absolute atomic E-state index is 0.0585. The van der Waals surface area contributed by atoms with Gasteiger partial charge in [0.05, 0.1) is 37.0 Å². The van der Waals surface area contributed by atoms with Crippen LogP contribution >= 0.6 is 0 Å². The molecule has 1 heterocycles. The Morgan fingerprint density at radius 3 is 2.62 bits per heavy atom. The van der Waals surface area contributed by atoms with Gasteiger partial charge in [0.2, 0.25) is 11.7 Å². The largest absolute Gasteiger partial charge is 0.494 e. The maximum atomic E-state index is 13.7. The third-order valence-electron chi connectivity index (χ3n) is 4.09. The topological polar surface area (TPSA) is 85.2 Å². The average Bonchev–Trinajstić information content (AvgIpc) is 2.59. The lowest BCUT2D eigenvalue weighted by atomic mass is 10.2. The van der Waals surface area contributed by atoms with E-state index in [-0.39, 0.29) is 17.3 Å². The van der Waals surface area contributed by atoms with Gasteiger partial charge in [-0.25, -0.2) is 0 Å². The predicted molar refractivity (Wildman–Crippen MR) is 84.9 cm³/mol. The number of morpholine rings is 1. The highest BCUT2D eigenvalue weighted by Gasteiger charge is 2.29. The lowest BCUT2D eigenvalue weighted by molar-refractivity contribution is -0.387. The summed E-state index contributed by atoms with van der Waals surface area (Å²) >= 11 is 0. The summed E-state index contributed by atoms with van der Waals surface area (Å²) in [6.07, 6.45) is 0. The Hall–Kier alpha value is -2.26. The molecule has 132 valence electrons. The van der Waals surface area contributed by atoms with E-state index in [4.69, 9.17) is 9.47 Å². The fourth-order valence-corrected chi connectivity index (χ4v) is 2.62. The standard InChI is InChI=1S/C15H20FN3O5/c1-10(18-4-6-24-7-5-18)15(20)17(2)13-9-12(19(21)22)11(16)8-14(13)23-3/h8-10H,4-7H2,1-3H3/t10-/m0/s1. The number of methoxy groups -OCH3 is 1. The van der Waals surface area contributed by atoms with Gasteiger partial charge in [-0.05, 0) is 6.92 Å². The molecule has 0 aromatic heterocycles. The molecule has 0 saturated carbocycles. The Bertz CT molecular complexity index is 634. The summed E-state index contributed by atoms with van der Waals surface area (Å²) in [5.74, 6) is -1.22. The van der Waals surface area contributed by atoms with Crippen molar-refractivity contribution in [2.24, 2.45) is 0 Å². The molecule has 2 rings (SSSR count). The van der Waals surface area contributed by atoms with Gasteiger partial charge in [0.25, 0.3) is 0 Å². The zero-order valence-corrected chi connectivity index (χ0v) is 13.8. The van der Waals surface area contributed by atoms with Crippen LogP contribution in [0.3, 0.4) is 0 Å². The number of hydrogen-bond acceptors (Lipinski definition) is 6. The number of nitrogens with zero attached hydrogens (tertiary/aromatic N) is 3. The normalized spacial score (nSPS) is 16.5. The first-order valence-corrected chi connectivity index (χ1v) is 7.48. The number of anilines is 1. The summed E-state index contributed by atoms with van der Waals surface area (Å²) in [6, 6.07) is 1.49. The van der Waals surface area contributed by atoms with Crippen LogP contribution in [0.5, 0.6) is 5.75 Å². The van der Waals surface area contributed by atoms with Crippen LogP contribution in [0, 0.1) is 15.9 Å². The van der Waals surface area contributed by atoms with Crippen molar-refractivity contribution in [3.8, 4) is 5.75 Å². The third-order valence-corrected chi connectivity index (χ3v) is 4.09. The van der Waals surface area contributed by atoms with Gasteiger partial charge in [-0.15, -0.1) is 0 Å². The van der Waals surface area contributed by atoms with Crippen LogP contribution in [0.1, 0.15) is 6.92 Å². The number of halogens is 1. The number of benzene rings is 1. The van der Waals surface area contributed by atoms with E-state index >= 15 is 0 Å². The van der Waals surface area contributed by atoms with Crippen molar-refractivity contribution >= 4 is 17.3 Å². The molecule has 0 radical (unpaired) electrons. The Morgan fingerprint density at radius 1 is 1.46 bits per heavy atom. The number of rotatable bonds is 5. The lowest BCUT2D eigenvalue weighted by Gasteiger charge is -2.33. The molecule has 9 heteroatoms. The molecule has 8 nitrogen and oxygen atoms in total. The zero-order chi connectivity index (χ0) is 17.9. The van der Waals surface area contributed by atoms with E-state index in [0.29, 0.717) is 26.3 Å². The van der Waals surface area contributed by atoms with E-state index in [1.54, 1.807) is 6.92 Å². The second-order valence-corrected chi connectivity index (χ2v) is 5.45. The number of amides is 1. The fourth-order valence-electron chi connectivity index (χ4n) is 2.62. The van der Waals surface area contributed by atoms with Crippen LogP contribution in [-0.4, -0.2) is 62.2 Å². The summed E-state index contributed by atoms with van der Waals surface area (Å²) in [6.45, 7) is 4.11. The fraction of sp³-hybridized carbons (Fsp3) is 0.533. The van der Waals surface area contributed by atoms with Crippen molar-refractivity contribution in [3.05, 3.63) is 28.1 Å². The van der Waals surface area contributed by atoms with Crippen LogP contribution in [0.2, 0.25) is 0 Å². The smallest absolute Gasteiger partial charge is 0.307 e. The molecular formula is C15H20FN3O5. The summed E-state index contributed by atoms with van der Waals surface area (Å²) < 4.78 is 24.1. The molecule has 1 aromatic rings. The van der Waals surface area contributed by atoms with Crippen molar-refractivity contribution in [1.29, 1.82) is 0 Å². The second-order valence-electron chi connectivity index (χ2n) is 5.45. The van der Waals surface area contributed by atoms with E-state index < -0.39 is 22.5 Å². The van der Waals surface area contributed by atoms with E-state index in [2.05, 4.69) is 0 Å². The molecule has 1 aliphatic rings. The number of likely N-dealkylation sites (N-methyl/N-ethyl adjacent to an activating group) is 1. The molecule has 24 heavy (non-hydrogen) atoms. The molecule has 0 bridgehead atoms. The van der Waals surface area contributed by atoms with Crippen LogP contribution < -0.4 is 9.64 Å². The van der Waals surface area contributed by atoms with Crippen molar-refractivity contribution in [3.63, 3.8) is 0 Å². The Labute approximate surface area is 138 Å². The van der Waals surface area contributed by atoms with Gasteiger partial charge in [-0.2, -0.15) is 4.39 Å². The van der Waals surface area contributed by atoms with E-state index in [9.17, 15) is 19.3 Å². The number of carbonyl (C=O) groups is 1. The highest BCUT2D eigenvalue weighted by atomic mass is 19.1. The van der Waals surface area contributed by atoms with Crippen molar-refractivity contribution < 1.29 is 23.6 Å². The molecule has 0 aliphatic carbocycles. The van der Waals surface area contributed by atoms with Crippen LogP contribution in [0.15, 0.2) is 12.1 Å². The van der Waals surface area contributed by atoms with E-state index in [0.717, 1.165) is 12.1 Å². The molecule has 1 aromatic carbocycles. The minimum Gasteiger partial charge on any atom is -0.494 e. The second kappa shape index (κ2) is 7.54. The quantitative estimate of drug-likeness (QED) is 0.595. The van der Waals surface area contributed by atoms with Gasteiger partial charge in [-0.1, -0.05) is 0 Å². The predicted octanol–water partition coefficient (Wildman–Crippen LogP) is 1.43. The van der Waals surface area contributed by atoms with E-state index in [1.807, 2.05) is 4.90 Å². The third kappa shape index (κ3) is 3.62. The van der Waals surface area contributed by atoms with Gasteiger partial charge in [-0.3, -0.25) is 19.8 Å². The number of hydrogen-bond donors (Lipinski definition) is 0. The first kappa shape index (κ1) is 18.1. The molecule has 1 fully saturated rings. The van der Waals surface area contributed by atoms with Crippen LogP contribution in [0.25, 0.3) is 0 Å². The molecule has 1 aliphatic heterocycles. The highest BCUT2D eigenvalue weighted by Crippen LogP contribution is 2.34. The first-order valence-electron chi connectivity index (χ1n) is 7.48. The Kier molecular flexibility index (Phi) is 5.68. The summed E-state index contributed by atoms with van der Waals surface area (Å²) in [4.78, 5) is 26.0. The molecule has 0 N–H and O–H groups in total. The molecular weight excluding hydrogens is 321 g/mol. The van der Waals surface area contributed by atoms with Crippen molar-refractivity contribution in [1.82, 2.24) is 4.90 Å². The van der Waals surface area contributed by atoms with Crippen molar-refractivity contribution in [2.75, 3.05) is 45.4 Å². The van der Waals surface area contributed by atoms with Crippen LogP contribution in [0.4, 0.5) is 15.8 Å². The highest BCUT2D eigenvalue weighted by molar-refractivity contribution is 5.98. The van der Waals surface area contributed by atoms with Gasteiger partial charge >= 0.3 is 5.69 Å². The average molecular weight is 341 g/mol. The molecule has 0 spiro atoms. The first-order chi connectivity index (χ1) is 11.4. The SMILES string of the molecule is COc1cc(F)c([N+](=O)[O-])cc1N(C)C(=O)[C@H](C)N1CCOCC1. The van der Waals surface area contributed by atoms with Crippen LogP contribution in [-0.2, 0) is 9.53 Å². The summed E-state index contributed by atoms with van der Waals surface area (Å²) in [5.41, 5.74) is -0.555. The lowest BCUT2D eigenvalue weighted by Crippen LogP contribution is -2.50. The summed E-state index contributed by atoms with van der Waals surface area (Å²) in [7, 11) is 2.80. The van der Waals surface area contributed by atoms with Crippen molar-refractivity contribution in [2.45, 2.75) is 13.0 Å². The van der Waals surface area contributed by atoms with E-state index in [1.165, 1.54) is 19.1 Å². The Morgan fingerprint density at radius 2 is 2.08 bits per heavy atom. The van der Waals surface area contributed by atoms with Gasteiger partial charge < -0.3 is 14.4 Å². The maximum absolute atomic E-state index is 13.7. The maximum Gasteiger partial charge on any atom is 0.307 e. The molecule has 1 amide bonds. The number of nitro groups is 1. The Balaban J connectivity index is 2.29. The van der Waals surface area contributed by atoms with Gasteiger partial charge in [0.15, 0.2) is 0 Å². The zero-order valence-electron chi connectivity index (χ0n) is 13.8. The van der Waals surface area contributed by atoms with Gasteiger partial charge in [0.1, 0.15) is 5.75 Å². The number of carbonyl (C=O) groups excluding carboxylic acids is 1.